The molecule has 0 amide bonds. The van der Waals surface area contributed by atoms with Gasteiger partial charge in [-0.2, -0.15) is 0 Å². The van der Waals surface area contributed by atoms with Crippen LogP contribution in [0.1, 0.15) is 25.3 Å². The third-order valence-corrected chi connectivity index (χ3v) is 2.96. The van der Waals surface area contributed by atoms with E-state index in [1.807, 2.05) is 12.1 Å². The first kappa shape index (κ1) is 7.06. The molecule has 1 aromatic rings. The molecule has 1 aliphatic carbocycles. The molecule has 2 aliphatic rings. The van der Waals surface area contributed by atoms with E-state index >= 15 is 0 Å². The normalized spacial score (nSPS) is 21.0. The summed E-state index contributed by atoms with van der Waals surface area (Å²) in [5, 5.41) is 7.77. The SMILES string of the molecule is CC1(c2cccc3c2N=N[N]3)CC1. The van der Waals surface area contributed by atoms with Gasteiger partial charge in [-0.05, 0) is 35.1 Å². The second-order valence-corrected chi connectivity index (χ2v) is 4.02. The summed E-state index contributed by atoms with van der Waals surface area (Å²) in [7, 11) is 0. The molecular weight excluding hydrogens is 162 g/mol. The summed E-state index contributed by atoms with van der Waals surface area (Å²) in [6.45, 7) is 2.27. The van der Waals surface area contributed by atoms with Gasteiger partial charge in [0.15, 0.2) is 0 Å². The van der Waals surface area contributed by atoms with E-state index in [1.54, 1.807) is 0 Å². The lowest BCUT2D eigenvalue weighted by atomic mass is 9.96. The van der Waals surface area contributed by atoms with Crippen LogP contribution < -0.4 is 5.43 Å². The maximum absolute atomic E-state index is 4.06. The van der Waals surface area contributed by atoms with E-state index in [2.05, 4.69) is 28.8 Å². The average Bonchev–Trinajstić information content (AvgIpc) is 2.72. The summed E-state index contributed by atoms with van der Waals surface area (Å²) < 4.78 is 0. The van der Waals surface area contributed by atoms with Crippen LogP contribution in [0, 0.1) is 0 Å². The fourth-order valence-corrected chi connectivity index (χ4v) is 1.78. The zero-order valence-electron chi connectivity index (χ0n) is 7.49. The zero-order valence-corrected chi connectivity index (χ0v) is 7.49. The van der Waals surface area contributed by atoms with Crippen LogP contribution in [0.5, 0.6) is 0 Å². The molecule has 65 valence electrons. The molecule has 3 nitrogen and oxygen atoms in total. The Balaban J connectivity index is 2.20. The van der Waals surface area contributed by atoms with Crippen molar-refractivity contribution >= 4 is 11.4 Å². The van der Waals surface area contributed by atoms with Gasteiger partial charge < -0.3 is 0 Å². The van der Waals surface area contributed by atoms with Crippen molar-refractivity contribution in [1.29, 1.82) is 0 Å². The third-order valence-electron chi connectivity index (χ3n) is 2.96. The Morgan fingerprint density at radius 2 is 2.15 bits per heavy atom. The summed E-state index contributed by atoms with van der Waals surface area (Å²) >= 11 is 0. The molecular formula is C10H10N3. The molecule has 0 atom stereocenters. The van der Waals surface area contributed by atoms with Crippen LogP contribution in [-0.2, 0) is 5.41 Å². The van der Waals surface area contributed by atoms with Crippen molar-refractivity contribution in [3.63, 3.8) is 0 Å². The van der Waals surface area contributed by atoms with E-state index in [1.165, 1.54) is 18.4 Å². The molecule has 3 rings (SSSR count). The Morgan fingerprint density at radius 1 is 1.31 bits per heavy atom. The van der Waals surface area contributed by atoms with Crippen LogP contribution in [0.2, 0.25) is 0 Å². The monoisotopic (exact) mass is 172 g/mol. The highest BCUT2D eigenvalue weighted by Gasteiger charge is 2.41. The number of fused-ring (bicyclic) bond motifs is 1. The summed E-state index contributed by atoms with van der Waals surface area (Å²) in [6, 6.07) is 6.15. The number of hydrogen-bond donors (Lipinski definition) is 0. The first-order chi connectivity index (χ1) is 6.30. The van der Waals surface area contributed by atoms with Gasteiger partial charge in [-0.1, -0.05) is 19.1 Å². The van der Waals surface area contributed by atoms with Gasteiger partial charge in [0.2, 0.25) is 0 Å². The molecule has 1 aliphatic heterocycles. The van der Waals surface area contributed by atoms with Gasteiger partial charge in [0.1, 0.15) is 11.4 Å². The molecule has 1 saturated carbocycles. The molecule has 0 aromatic heterocycles. The van der Waals surface area contributed by atoms with Crippen LogP contribution in [0.15, 0.2) is 28.5 Å². The second-order valence-electron chi connectivity index (χ2n) is 4.02. The van der Waals surface area contributed by atoms with Gasteiger partial charge in [0.05, 0.1) is 0 Å². The highest BCUT2D eigenvalue weighted by atomic mass is 15.5. The lowest BCUT2D eigenvalue weighted by Crippen LogP contribution is -1.99. The van der Waals surface area contributed by atoms with Crippen molar-refractivity contribution < 1.29 is 0 Å². The minimum atomic E-state index is 0.351. The molecule has 0 saturated heterocycles. The van der Waals surface area contributed by atoms with Crippen LogP contribution in [-0.4, -0.2) is 0 Å². The van der Waals surface area contributed by atoms with E-state index in [4.69, 9.17) is 0 Å². The first-order valence-electron chi connectivity index (χ1n) is 4.55. The van der Waals surface area contributed by atoms with Gasteiger partial charge in [0.25, 0.3) is 0 Å². The molecule has 0 N–H and O–H groups in total. The molecule has 3 heteroatoms. The quantitative estimate of drug-likeness (QED) is 0.624. The van der Waals surface area contributed by atoms with Gasteiger partial charge in [0, 0.05) is 0 Å². The highest BCUT2D eigenvalue weighted by Crippen LogP contribution is 2.53. The largest absolute Gasteiger partial charge is 0.128 e. The van der Waals surface area contributed by atoms with E-state index in [9.17, 15) is 0 Å². The molecule has 0 spiro atoms. The van der Waals surface area contributed by atoms with Gasteiger partial charge >= 0.3 is 0 Å². The third kappa shape index (κ3) is 0.899. The van der Waals surface area contributed by atoms with E-state index in [-0.39, 0.29) is 0 Å². The summed E-state index contributed by atoms with van der Waals surface area (Å²) in [5.74, 6) is 0. The fraction of sp³-hybridized carbons (Fsp3) is 0.400. The van der Waals surface area contributed by atoms with Gasteiger partial charge in [-0.15, -0.1) is 10.5 Å². The smallest absolute Gasteiger partial charge is 0.119 e. The van der Waals surface area contributed by atoms with Crippen molar-refractivity contribution in [2.75, 3.05) is 0 Å². The summed E-state index contributed by atoms with van der Waals surface area (Å²) in [4.78, 5) is 0. The molecule has 1 fully saturated rings. The minimum absolute atomic E-state index is 0.351. The predicted molar refractivity (Wildman–Crippen MR) is 49.3 cm³/mol. The Morgan fingerprint density at radius 3 is 2.92 bits per heavy atom. The van der Waals surface area contributed by atoms with Gasteiger partial charge in [-0.25, -0.2) is 0 Å². The first-order valence-corrected chi connectivity index (χ1v) is 4.55. The molecule has 13 heavy (non-hydrogen) atoms. The zero-order chi connectivity index (χ0) is 8.89. The molecule has 1 aromatic carbocycles. The van der Waals surface area contributed by atoms with Crippen molar-refractivity contribution in [2.45, 2.75) is 25.2 Å². The number of rotatable bonds is 1. The molecule has 1 radical (unpaired) electrons. The van der Waals surface area contributed by atoms with Crippen molar-refractivity contribution in [2.24, 2.45) is 10.3 Å². The Labute approximate surface area is 76.8 Å². The molecule has 1 heterocycles. The highest BCUT2D eigenvalue weighted by molar-refractivity contribution is 5.69. The predicted octanol–water partition coefficient (Wildman–Crippen LogP) is 2.99. The number of hydrogen-bond acceptors (Lipinski definition) is 2. The van der Waals surface area contributed by atoms with E-state index in [0.717, 1.165) is 11.4 Å². The molecule has 0 unspecified atom stereocenters. The average molecular weight is 172 g/mol. The van der Waals surface area contributed by atoms with Crippen LogP contribution in [0.3, 0.4) is 0 Å². The number of nitrogens with zero attached hydrogens (tertiary/aromatic N) is 3. The van der Waals surface area contributed by atoms with Crippen LogP contribution in [0.4, 0.5) is 11.4 Å². The lowest BCUT2D eigenvalue weighted by molar-refractivity contribution is 0.789. The Hall–Kier alpha value is -1.38. The number of benzene rings is 1. The van der Waals surface area contributed by atoms with Crippen molar-refractivity contribution in [1.82, 2.24) is 5.43 Å². The lowest BCUT2D eigenvalue weighted by Gasteiger charge is -2.10. The fourth-order valence-electron chi connectivity index (χ4n) is 1.78. The second kappa shape index (κ2) is 2.10. The Kier molecular flexibility index (Phi) is 1.14. The van der Waals surface area contributed by atoms with Crippen LogP contribution >= 0.6 is 0 Å². The maximum Gasteiger partial charge on any atom is 0.119 e. The summed E-state index contributed by atoms with van der Waals surface area (Å²) in [6.07, 6.45) is 2.53. The summed E-state index contributed by atoms with van der Waals surface area (Å²) in [5.41, 5.74) is 7.54. The van der Waals surface area contributed by atoms with Crippen molar-refractivity contribution in [3.8, 4) is 0 Å². The van der Waals surface area contributed by atoms with Crippen LogP contribution in [0.25, 0.3) is 0 Å². The topological polar surface area (TPSA) is 38.8 Å². The van der Waals surface area contributed by atoms with Crippen molar-refractivity contribution in [3.05, 3.63) is 23.8 Å². The standard InChI is InChI=1S/C10H10N3/c1-10(5-6-10)7-3-2-4-8-9(7)12-13-11-8/h2-4H,5-6H2,1H3. The molecule has 0 bridgehead atoms. The minimum Gasteiger partial charge on any atom is -0.128 e. The van der Waals surface area contributed by atoms with E-state index in [0.29, 0.717) is 5.41 Å². The Bertz CT molecular complexity index is 391. The van der Waals surface area contributed by atoms with Gasteiger partial charge in [-0.3, -0.25) is 0 Å². The maximum atomic E-state index is 4.06. The van der Waals surface area contributed by atoms with E-state index < -0.39 is 0 Å².